The van der Waals surface area contributed by atoms with Crippen molar-refractivity contribution in [3.05, 3.63) is 46.8 Å². The molecule has 0 aromatic heterocycles. The van der Waals surface area contributed by atoms with Crippen LogP contribution in [-0.4, -0.2) is 42.4 Å². The maximum Gasteiger partial charge on any atom is 0.270 e. The van der Waals surface area contributed by atoms with Gasteiger partial charge in [-0.15, -0.1) is 6.58 Å². The van der Waals surface area contributed by atoms with Crippen molar-refractivity contribution in [2.45, 2.75) is 4.90 Å². The second kappa shape index (κ2) is 6.55. The van der Waals surface area contributed by atoms with Crippen molar-refractivity contribution >= 4 is 15.7 Å². The highest BCUT2D eigenvalue weighted by Gasteiger charge is 2.28. The smallest absolute Gasteiger partial charge is 0.270 e. The molecule has 0 unspecified atom stereocenters. The van der Waals surface area contributed by atoms with Gasteiger partial charge in [-0.1, -0.05) is 6.08 Å². The molecule has 0 fully saturated rings. The molecule has 7 nitrogen and oxygen atoms in total. The molecule has 0 bridgehead atoms. The van der Waals surface area contributed by atoms with E-state index in [-0.39, 0.29) is 13.1 Å². The minimum absolute atomic E-state index is 0.148. The van der Waals surface area contributed by atoms with Gasteiger partial charge in [0.05, 0.1) is 11.5 Å². The third-order valence-electron chi connectivity index (χ3n) is 2.43. The van der Waals surface area contributed by atoms with E-state index in [4.69, 9.17) is 5.11 Å². The Morgan fingerprint density at radius 2 is 2.15 bits per heavy atom. The van der Waals surface area contributed by atoms with E-state index >= 15 is 0 Å². The van der Waals surface area contributed by atoms with Crippen molar-refractivity contribution in [2.75, 3.05) is 19.7 Å². The quantitative estimate of drug-likeness (QED) is 0.458. The van der Waals surface area contributed by atoms with Crippen LogP contribution in [0.25, 0.3) is 0 Å². The Morgan fingerprint density at radius 3 is 2.65 bits per heavy atom. The third kappa shape index (κ3) is 3.38. The maximum atomic E-state index is 13.7. The van der Waals surface area contributed by atoms with Crippen LogP contribution in [0, 0.1) is 15.9 Å². The molecule has 1 N–H and O–H groups in total. The minimum Gasteiger partial charge on any atom is -0.395 e. The first kappa shape index (κ1) is 16.2. The normalized spacial score (nSPS) is 11.6. The zero-order chi connectivity index (χ0) is 15.3. The van der Waals surface area contributed by atoms with Crippen molar-refractivity contribution in [3.8, 4) is 0 Å². The van der Waals surface area contributed by atoms with Crippen LogP contribution in [0.4, 0.5) is 10.1 Å². The van der Waals surface area contributed by atoms with Gasteiger partial charge >= 0.3 is 0 Å². The Hall–Kier alpha value is -1.84. The van der Waals surface area contributed by atoms with E-state index in [0.717, 1.165) is 16.4 Å². The van der Waals surface area contributed by atoms with Crippen molar-refractivity contribution in [1.82, 2.24) is 4.31 Å². The zero-order valence-electron chi connectivity index (χ0n) is 10.4. The van der Waals surface area contributed by atoms with Gasteiger partial charge in [-0.2, -0.15) is 4.31 Å². The van der Waals surface area contributed by atoms with Crippen LogP contribution in [-0.2, 0) is 10.0 Å². The Balaban J connectivity index is 3.35. The van der Waals surface area contributed by atoms with Crippen LogP contribution in [0.1, 0.15) is 0 Å². The summed E-state index contributed by atoms with van der Waals surface area (Å²) in [6.45, 7) is 2.48. The standard InChI is InChI=1S/C11H13FN2O5S/c1-2-5-13(6-7-15)20(18,19)11-8-9(14(16)17)3-4-10(11)12/h2-4,8,15H,1,5-7H2. The van der Waals surface area contributed by atoms with Gasteiger partial charge in [-0.05, 0) is 6.07 Å². The van der Waals surface area contributed by atoms with E-state index in [2.05, 4.69) is 6.58 Å². The second-order valence-electron chi connectivity index (χ2n) is 3.75. The molecule has 0 aliphatic rings. The number of halogens is 1. The van der Waals surface area contributed by atoms with Crippen molar-refractivity contribution in [2.24, 2.45) is 0 Å². The number of hydrogen-bond acceptors (Lipinski definition) is 5. The lowest BCUT2D eigenvalue weighted by Crippen LogP contribution is -2.34. The highest BCUT2D eigenvalue weighted by atomic mass is 32.2. The summed E-state index contributed by atoms with van der Waals surface area (Å²) < 4.78 is 38.9. The van der Waals surface area contributed by atoms with Gasteiger partial charge in [0.15, 0.2) is 0 Å². The molecule has 1 aromatic rings. The predicted octanol–water partition coefficient (Wildman–Crippen LogP) is 0.903. The highest BCUT2D eigenvalue weighted by molar-refractivity contribution is 7.89. The summed E-state index contributed by atoms with van der Waals surface area (Å²) in [6, 6.07) is 2.24. The number of nitrogens with zero attached hydrogens (tertiary/aromatic N) is 2. The van der Waals surface area contributed by atoms with Gasteiger partial charge in [0, 0.05) is 25.2 Å². The Morgan fingerprint density at radius 1 is 1.50 bits per heavy atom. The van der Waals surface area contributed by atoms with Crippen LogP contribution in [0.5, 0.6) is 0 Å². The number of hydrogen-bond donors (Lipinski definition) is 1. The summed E-state index contributed by atoms with van der Waals surface area (Å²) in [4.78, 5) is 9.01. The van der Waals surface area contributed by atoms with E-state index in [1.165, 1.54) is 6.08 Å². The molecule has 0 saturated carbocycles. The molecular formula is C11H13FN2O5S. The zero-order valence-corrected chi connectivity index (χ0v) is 11.2. The molecule has 20 heavy (non-hydrogen) atoms. The number of sulfonamides is 1. The lowest BCUT2D eigenvalue weighted by Gasteiger charge is -2.19. The molecule has 9 heteroatoms. The molecule has 0 saturated heterocycles. The first-order chi connectivity index (χ1) is 9.34. The van der Waals surface area contributed by atoms with Gasteiger partial charge in [0.2, 0.25) is 10.0 Å². The van der Waals surface area contributed by atoms with Crippen LogP contribution < -0.4 is 0 Å². The van der Waals surface area contributed by atoms with E-state index < -0.39 is 38.0 Å². The number of nitro benzene ring substituents is 1. The third-order valence-corrected chi connectivity index (χ3v) is 4.31. The number of nitro groups is 1. The van der Waals surface area contributed by atoms with Crippen LogP contribution in [0.3, 0.4) is 0 Å². The number of rotatable bonds is 7. The predicted molar refractivity (Wildman–Crippen MR) is 69.1 cm³/mol. The molecule has 0 aliphatic heterocycles. The first-order valence-corrected chi connectivity index (χ1v) is 6.94. The van der Waals surface area contributed by atoms with Crippen molar-refractivity contribution < 1.29 is 22.8 Å². The molecule has 0 heterocycles. The summed E-state index contributed by atoms with van der Waals surface area (Å²) in [5.41, 5.74) is -0.535. The van der Waals surface area contributed by atoms with E-state index in [1.807, 2.05) is 0 Å². The summed E-state index contributed by atoms with van der Waals surface area (Å²) >= 11 is 0. The Labute approximate surface area is 115 Å². The average Bonchev–Trinajstić information content (AvgIpc) is 2.38. The molecule has 0 spiro atoms. The van der Waals surface area contributed by atoms with Crippen LogP contribution in [0.15, 0.2) is 35.7 Å². The van der Waals surface area contributed by atoms with Crippen LogP contribution >= 0.6 is 0 Å². The first-order valence-electron chi connectivity index (χ1n) is 5.50. The van der Waals surface area contributed by atoms with E-state index in [0.29, 0.717) is 6.07 Å². The Bertz CT molecular complexity index is 617. The number of benzene rings is 1. The SMILES string of the molecule is C=CCN(CCO)S(=O)(=O)c1cc([N+](=O)[O-])ccc1F. The molecule has 0 radical (unpaired) electrons. The maximum absolute atomic E-state index is 13.7. The second-order valence-corrected chi connectivity index (χ2v) is 5.65. The molecule has 0 atom stereocenters. The van der Waals surface area contributed by atoms with Gasteiger partial charge in [-0.3, -0.25) is 10.1 Å². The lowest BCUT2D eigenvalue weighted by atomic mass is 10.3. The number of aliphatic hydroxyl groups excluding tert-OH is 1. The average molecular weight is 304 g/mol. The molecule has 1 rings (SSSR count). The summed E-state index contributed by atoms with van der Waals surface area (Å²) in [7, 11) is -4.29. The van der Waals surface area contributed by atoms with Gasteiger partial charge in [0.1, 0.15) is 10.7 Å². The molecule has 110 valence electrons. The van der Waals surface area contributed by atoms with Gasteiger partial charge in [-0.25, -0.2) is 12.8 Å². The van der Waals surface area contributed by atoms with Crippen molar-refractivity contribution in [3.63, 3.8) is 0 Å². The molecule has 0 amide bonds. The van der Waals surface area contributed by atoms with Gasteiger partial charge < -0.3 is 5.11 Å². The monoisotopic (exact) mass is 304 g/mol. The highest BCUT2D eigenvalue weighted by Crippen LogP contribution is 2.24. The van der Waals surface area contributed by atoms with Crippen molar-refractivity contribution in [1.29, 1.82) is 0 Å². The molecular weight excluding hydrogens is 291 g/mol. The fourth-order valence-corrected chi connectivity index (χ4v) is 2.99. The Kier molecular flexibility index (Phi) is 5.31. The van der Waals surface area contributed by atoms with E-state index in [1.54, 1.807) is 0 Å². The molecule has 0 aliphatic carbocycles. The topological polar surface area (TPSA) is 101 Å². The fourth-order valence-electron chi connectivity index (χ4n) is 1.51. The van der Waals surface area contributed by atoms with E-state index in [9.17, 15) is 22.9 Å². The largest absolute Gasteiger partial charge is 0.395 e. The van der Waals surface area contributed by atoms with Crippen LogP contribution in [0.2, 0.25) is 0 Å². The fraction of sp³-hybridized carbons (Fsp3) is 0.273. The number of non-ortho nitro benzene ring substituents is 1. The molecule has 1 aromatic carbocycles. The summed E-state index contributed by atoms with van der Waals surface area (Å²) in [5, 5.41) is 19.5. The minimum atomic E-state index is -4.29. The lowest BCUT2D eigenvalue weighted by molar-refractivity contribution is -0.385. The number of aliphatic hydroxyl groups is 1. The summed E-state index contributed by atoms with van der Waals surface area (Å²) in [5.74, 6) is -1.09. The summed E-state index contributed by atoms with van der Waals surface area (Å²) in [6.07, 6.45) is 1.27. The van der Waals surface area contributed by atoms with Gasteiger partial charge in [0.25, 0.3) is 5.69 Å².